The van der Waals surface area contributed by atoms with Gasteiger partial charge in [-0.25, -0.2) is 4.79 Å². The van der Waals surface area contributed by atoms with Crippen LogP contribution in [0.15, 0.2) is 89.8 Å². The minimum Gasteiger partial charge on any atom is -0.493 e. The van der Waals surface area contributed by atoms with Crippen molar-refractivity contribution >= 4 is 45.7 Å². The lowest BCUT2D eigenvalue weighted by Gasteiger charge is -2.13. The van der Waals surface area contributed by atoms with Crippen LogP contribution in [0.3, 0.4) is 0 Å². The van der Waals surface area contributed by atoms with Gasteiger partial charge in [-0.05, 0) is 64.9 Å². The Morgan fingerprint density at radius 2 is 1.70 bits per heavy atom. The quantitative estimate of drug-likeness (QED) is 0.165. The molecule has 2 amide bonds. The Balaban J connectivity index is 1.36. The highest BCUT2D eigenvalue weighted by molar-refractivity contribution is 8.18. The van der Waals surface area contributed by atoms with Gasteiger partial charge in [-0.2, -0.15) is 0 Å². The molecule has 1 aliphatic heterocycles. The maximum atomic E-state index is 13.0. The molecule has 5 rings (SSSR count). The van der Waals surface area contributed by atoms with E-state index < -0.39 is 5.97 Å². The third-order valence-corrected chi connectivity index (χ3v) is 6.90. The third-order valence-electron chi connectivity index (χ3n) is 5.99. The number of hydrogen-bond acceptors (Lipinski definition) is 6. The molecule has 1 heterocycles. The number of methoxy groups -OCH3 is 1. The molecular weight excluding hydrogens is 486 g/mol. The summed E-state index contributed by atoms with van der Waals surface area (Å²) in [5.74, 6) is -0.256. The minimum atomic E-state index is -0.500. The Hall–Kier alpha value is -4.36. The predicted molar refractivity (Wildman–Crippen MR) is 145 cm³/mol. The Morgan fingerprint density at radius 3 is 2.51 bits per heavy atom. The standard InChI is InChI=1S/C30H23NO5S/c1-19-7-5-8-21(15-19)18-31-28(32)27(37-30(31)34)17-20-13-14-25(26(16-20)35-2)36-29(33)24-12-6-10-22-9-3-4-11-23(22)24/h3-17H,18H2,1-2H3/b27-17-. The lowest BCUT2D eigenvalue weighted by molar-refractivity contribution is -0.123. The van der Waals surface area contributed by atoms with Gasteiger partial charge in [0.05, 0.1) is 24.1 Å². The van der Waals surface area contributed by atoms with E-state index in [0.29, 0.717) is 21.8 Å². The zero-order valence-corrected chi connectivity index (χ0v) is 21.1. The molecule has 1 saturated heterocycles. The van der Waals surface area contributed by atoms with Gasteiger partial charge in [0.2, 0.25) is 0 Å². The summed E-state index contributed by atoms with van der Waals surface area (Å²) in [5, 5.41) is 1.42. The van der Waals surface area contributed by atoms with E-state index in [0.717, 1.165) is 33.7 Å². The first-order valence-electron chi connectivity index (χ1n) is 11.6. The molecule has 4 aromatic carbocycles. The predicted octanol–water partition coefficient (Wildman–Crippen LogP) is 6.61. The molecule has 0 aromatic heterocycles. The number of ether oxygens (including phenoxy) is 2. The van der Waals surface area contributed by atoms with Crippen molar-refractivity contribution in [2.24, 2.45) is 0 Å². The van der Waals surface area contributed by atoms with Gasteiger partial charge in [-0.1, -0.05) is 72.3 Å². The number of rotatable bonds is 6. The van der Waals surface area contributed by atoms with Crippen LogP contribution in [0, 0.1) is 6.92 Å². The SMILES string of the molecule is COc1cc(/C=C2\SC(=O)N(Cc3cccc(C)c3)C2=O)ccc1OC(=O)c1cccc2ccccc12. The van der Waals surface area contributed by atoms with E-state index in [1.807, 2.05) is 67.6 Å². The van der Waals surface area contributed by atoms with Crippen LogP contribution >= 0.6 is 11.8 Å². The molecule has 0 radical (unpaired) electrons. The average Bonchev–Trinajstić information content (AvgIpc) is 3.16. The molecular formula is C30H23NO5S. The summed E-state index contributed by atoms with van der Waals surface area (Å²) in [6, 6.07) is 25.8. The molecule has 0 aliphatic carbocycles. The van der Waals surface area contributed by atoms with Gasteiger partial charge in [0.25, 0.3) is 11.1 Å². The first-order valence-corrected chi connectivity index (χ1v) is 12.4. The number of carbonyl (C=O) groups is 3. The Morgan fingerprint density at radius 1 is 0.919 bits per heavy atom. The third kappa shape index (κ3) is 5.13. The number of hydrogen-bond donors (Lipinski definition) is 0. The van der Waals surface area contributed by atoms with Crippen molar-refractivity contribution in [3.63, 3.8) is 0 Å². The van der Waals surface area contributed by atoms with Gasteiger partial charge in [-0.15, -0.1) is 0 Å². The molecule has 6 nitrogen and oxygen atoms in total. The van der Waals surface area contributed by atoms with Crippen LogP contribution in [-0.2, 0) is 11.3 Å². The van der Waals surface area contributed by atoms with Gasteiger partial charge in [0, 0.05) is 0 Å². The zero-order valence-electron chi connectivity index (χ0n) is 20.3. The lowest BCUT2D eigenvalue weighted by Crippen LogP contribution is -2.27. The molecule has 184 valence electrons. The molecule has 0 N–H and O–H groups in total. The second-order valence-electron chi connectivity index (χ2n) is 8.58. The highest BCUT2D eigenvalue weighted by Gasteiger charge is 2.35. The van der Waals surface area contributed by atoms with Crippen molar-refractivity contribution in [2.45, 2.75) is 13.5 Å². The molecule has 0 bridgehead atoms. The summed E-state index contributed by atoms with van der Waals surface area (Å²) in [5.41, 5.74) is 3.05. The summed E-state index contributed by atoms with van der Waals surface area (Å²) < 4.78 is 11.1. The zero-order chi connectivity index (χ0) is 25.9. The molecule has 7 heteroatoms. The fourth-order valence-electron chi connectivity index (χ4n) is 4.20. The first kappa shape index (κ1) is 24.3. The van der Waals surface area contributed by atoms with Gasteiger partial charge < -0.3 is 9.47 Å². The monoisotopic (exact) mass is 509 g/mol. The van der Waals surface area contributed by atoms with Gasteiger partial charge in [-0.3, -0.25) is 14.5 Å². The van der Waals surface area contributed by atoms with Crippen molar-refractivity contribution in [3.05, 3.63) is 112 Å². The summed E-state index contributed by atoms with van der Waals surface area (Å²) >= 11 is 0.899. The summed E-state index contributed by atoms with van der Waals surface area (Å²) in [4.78, 5) is 40.0. The number of thioether (sulfide) groups is 1. The van der Waals surface area contributed by atoms with Crippen molar-refractivity contribution < 1.29 is 23.9 Å². The Kier molecular flexibility index (Phi) is 6.79. The molecule has 1 aliphatic rings. The maximum Gasteiger partial charge on any atom is 0.344 e. The average molecular weight is 510 g/mol. The topological polar surface area (TPSA) is 72.9 Å². The Labute approximate surface area is 218 Å². The van der Waals surface area contributed by atoms with Crippen LogP contribution in [0.1, 0.15) is 27.0 Å². The smallest absolute Gasteiger partial charge is 0.344 e. The minimum absolute atomic E-state index is 0.218. The van der Waals surface area contributed by atoms with E-state index >= 15 is 0 Å². The van der Waals surface area contributed by atoms with E-state index in [-0.39, 0.29) is 23.4 Å². The van der Waals surface area contributed by atoms with Crippen LogP contribution in [-0.4, -0.2) is 29.1 Å². The van der Waals surface area contributed by atoms with Crippen molar-refractivity contribution in [3.8, 4) is 11.5 Å². The van der Waals surface area contributed by atoms with Gasteiger partial charge in [0.1, 0.15) is 0 Å². The van der Waals surface area contributed by atoms with E-state index in [1.54, 1.807) is 30.3 Å². The molecule has 0 unspecified atom stereocenters. The van der Waals surface area contributed by atoms with Crippen LogP contribution in [0.5, 0.6) is 11.5 Å². The number of benzene rings is 4. The fraction of sp³-hybridized carbons (Fsp3) is 0.100. The number of esters is 1. The largest absolute Gasteiger partial charge is 0.493 e. The molecule has 4 aromatic rings. The molecule has 0 saturated carbocycles. The van der Waals surface area contributed by atoms with E-state index in [4.69, 9.17) is 9.47 Å². The molecule has 37 heavy (non-hydrogen) atoms. The second kappa shape index (κ2) is 10.3. The second-order valence-corrected chi connectivity index (χ2v) is 9.58. The van der Waals surface area contributed by atoms with Crippen LogP contribution in [0.2, 0.25) is 0 Å². The number of amides is 2. The number of carbonyl (C=O) groups excluding carboxylic acids is 3. The van der Waals surface area contributed by atoms with Gasteiger partial charge >= 0.3 is 5.97 Å². The normalized spacial score (nSPS) is 14.4. The van der Waals surface area contributed by atoms with Crippen molar-refractivity contribution in [1.82, 2.24) is 4.90 Å². The summed E-state index contributed by atoms with van der Waals surface area (Å²) in [6.07, 6.45) is 1.64. The fourth-order valence-corrected chi connectivity index (χ4v) is 5.04. The van der Waals surface area contributed by atoms with E-state index in [2.05, 4.69) is 0 Å². The van der Waals surface area contributed by atoms with Crippen LogP contribution in [0.4, 0.5) is 4.79 Å². The van der Waals surface area contributed by atoms with Crippen LogP contribution < -0.4 is 9.47 Å². The van der Waals surface area contributed by atoms with Crippen molar-refractivity contribution in [1.29, 1.82) is 0 Å². The van der Waals surface area contributed by atoms with Crippen molar-refractivity contribution in [2.75, 3.05) is 7.11 Å². The highest BCUT2D eigenvalue weighted by atomic mass is 32.2. The highest BCUT2D eigenvalue weighted by Crippen LogP contribution is 2.35. The van der Waals surface area contributed by atoms with E-state index in [1.165, 1.54) is 12.0 Å². The molecule has 0 spiro atoms. The summed E-state index contributed by atoms with van der Waals surface area (Å²) in [6.45, 7) is 2.18. The number of aryl methyl sites for hydroxylation is 1. The lowest BCUT2D eigenvalue weighted by atomic mass is 10.0. The summed E-state index contributed by atoms with van der Waals surface area (Å²) in [7, 11) is 1.48. The first-order chi connectivity index (χ1) is 17.9. The number of fused-ring (bicyclic) bond motifs is 1. The number of nitrogens with zero attached hydrogens (tertiary/aromatic N) is 1. The van der Waals surface area contributed by atoms with Crippen LogP contribution in [0.25, 0.3) is 16.8 Å². The molecule has 0 atom stereocenters. The molecule has 1 fully saturated rings. The van der Waals surface area contributed by atoms with E-state index in [9.17, 15) is 14.4 Å². The van der Waals surface area contributed by atoms with Gasteiger partial charge in [0.15, 0.2) is 11.5 Å². The Bertz CT molecular complexity index is 1570. The maximum absolute atomic E-state index is 13.0. The number of imide groups is 1.